The van der Waals surface area contributed by atoms with Gasteiger partial charge in [0, 0.05) is 9.90 Å². The molecule has 28 heavy (non-hydrogen) atoms. The van der Waals surface area contributed by atoms with E-state index in [1.807, 2.05) is 19.2 Å². The van der Waals surface area contributed by atoms with Crippen LogP contribution in [0, 0.1) is 13.8 Å². The van der Waals surface area contributed by atoms with Gasteiger partial charge in [-0.2, -0.15) is 0 Å². The van der Waals surface area contributed by atoms with E-state index in [9.17, 15) is 14.4 Å². The van der Waals surface area contributed by atoms with Crippen LogP contribution in [0.3, 0.4) is 0 Å². The Morgan fingerprint density at radius 2 is 1.93 bits per heavy atom. The maximum atomic E-state index is 13.3. The van der Waals surface area contributed by atoms with Crippen molar-refractivity contribution >= 4 is 50.3 Å². The zero-order valence-electron chi connectivity index (χ0n) is 15.1. The van der Waals surface area contributed by atoms with E-state index in [-0.39, 0.29) is 12.3 Å². The van der Waals surface area contributed by atoms with Gasteiger partial charge in [-0.15, -0.1) is 22.7 Å². The summed E-state index contributed by atoms with van der Waals surface area (Å²) in [4.78, 5) is 41.2. The van der Waals surface area contributed by atoms with Crippen molar-refractivity contribution in [1.82, 2.24) is 9.13 Å². The van der Waals surface area contributed by atoms with Crippen molar-refractivity contribution in [3.63, 3.8) is 0 Å². The first-order valence-corrected chi connectivity index (χ1v) is 10.5. The Bertz CT molecular complexity index is 1330. The van der Waals surface area contributed by atoms with E-state index in [4.69, 9.17) is 11.6 Å². The SMILES string of the molecule is Cc1sc2c(c1C)c(=O)n(-c1cccc(Cl)c1)c(=O)n2CC(=O)c1cccs1. The number of Topliss-reactive ketones (excluding diaryl/α,β-unsaturated/α-hetero) is 1. The second-order valence-electron chi connectivity index (χ2n) is 6.35. The van der Waals surface area contributed by atoms with Crippen molar-refractivity contribution in [2.75, 3.05) is 0 Å². The van der Waals surface area contributed by atoms with Gasteiger partial charge in [-0.25, -0.2) is 9.36 Å². The van der Waals surface area contributed by atoms with Crippen LogP contribution in [0.5, 0.6) is 0 Å². The summed E-state index contributed by atoms with van der Waals surface area (Å²) in [5.41, 5.74) is 0.248. The van der Waals surface area contributed by atoms with Crippen molar-refractivity contribution in [3.8, 4) is 5.69 Å². The lowest BCUT2D eigenvalue weighted by Gasteiger charge is -2.12. The lowest BCUT2D eigenvalue weighted by molar-refractivity contribution is 0.0975. The number of hydrogen-bond donors (Lipinski definition) is 0. The average molecular weight is 431 g/mol. The summed E-state index contributed by atoms with van der Waals surface area (Å²) >= 11 is 8.75. The van der Waals surface area contributed by atoms with Crippen LogP contribution in [-0.2, 0) is 6.54 Å². The highest BCUT2D eigenvalue weighted by atomic mass is 35.5. The summed E-state index contributed by atoms with van der Waals surface area (Å²) in [5, 5.41) is 2.70. The van der Waals surface area contributed by atoms with Gasteiger partial charge in [0.25, 0.3) is 5.56 Å². The molecule has 0 amide bonds. The first-order chi connectivity index (χ1) is 13.4. The van der Waals surface area contributed by atoms with Gasteiger partial charge in [0.2, 0.25) is 0 Å². The second-order valence-corrected chi connectivity index (χ2v) is 8.94. The first kappa shape index (κ1) is 18.9. The maximum absolute atomic E-state index is 13.3. The number of fused-ring (bicyclic) bond motifs is 1. The number of thiophene rings is 2. The molecule has 0 aliphatic carbocycles. The van der Waals surface area contributed by atoms with Crippen LogP contribution < -0.4 is 11.2 Å². The first-order valence-electron chi connectivity index (χ1n) is 8.46. The number of nitrogens with zero attached hydrogens (tertiary/aromatic N) is 2. The fraction of sp³-hybridized carbons (Fsp3) is 0.150. The molecule has 3 heterocycles. The average Bonchev–Trinajstić information content (AvgIpc) is 3.28. The van der Waals surface area contributed by atoms with Crippen molar-refractivity contribution in [1.29, 1.82) is 0 Å². The summed E-state index contributed by atoms with van der Waals surface area (Å²) < 4.78 is 2.49. The Kier molecular flexibility index (Phi) is 4.82. The zero-order valence-corrected chi connectivity index (χ0v) is 17.5. The zero-order chi connectivity index (χ0) is 20.0. The van der Waals surface area contributed by atoms with Crippen LogP contribution in [0.1, 0.15) is 20.1 Å². The standard InChI is InChI=1S/C20H15ClN2O3S2/c1-11-12(2)28-19-17(11)18(25)23(14-6-3-5-13(21)9-14)20(26)22(19)10-15(24)16-7-4-8-27-16/h3-9H,10H2,1-2H3. The summed E-state index contributed by atoms with van der Waals surface area (Å²) in [7, 11) is 0. The van der Waals surface area contributed by atoms with Crippen LogP contribution in [0.2, 0.25) is 5.02 Å². The van der Waals surface area contributed by atoms with E-state index >= 15 is 0 Å². The number of aryl methyl sites for hydroxylation is 2. The van der Waals surface area contributed by atoms with Crippen LogP contribution in [0.15, 0.2) is 51.4 Å². The molecule has 0 unspecified atom stereocenters. The number of carbonyl (C=O) groups excluding carboxylic acids is 1. The smallest absolute Gasteiger partial charge is 0.291 e. The number of ketones is 1. The number of aromatic nitrogens is 2. The quantitative estimate of drug-likeness (QED) is 0.450. The lowest BCUT2D eigenvalue weighted by Crippen LogP contribution is -2.39. The monoisotopic (exact) mass is 430 g/mol. The minimum atomic E-state index is -0.550. The summed E-state index contributed by atoms with van der Waals surface area (Å²) in [6, 6.07) is 10.1. The van der Waals surface area contributed by atoms with Gasteiger partial charge in [0.05, 0.1) is 22.5 Å². The summed E-state index contributed by atoms with van der Waals surface area (Å²) in [5.74, 6) is -0.168. The van der Waals surface area contributed by atoms with E-state index in [0.29, 0.717) is 25.8 Å². The predicted octanol–water partition coefficient (Wildman–Crippen LogP) is 4.43. The molecule has 3 aromatic heterocycles. The third-order valence-corrected chi connectivity index (χ3v) is 6.99. The molecule has 8 heteroatoms. The molecule has 1 aromatic carbocycles. The molecule has 0 spiro atoms. The van der Waals surface area contributed by atoms with Crippen LogP contribution in [-0.4, -0.2) is 14.9 Å². The third kappa shape index (κ3) is 3.05. The molecule has 0 aliphatic rings. The fourth-order valence-corrected chi connectivity index (χ4v) is 5.08. The number of hydrogen-bond acceptors (Lipinski definition) is 5. The van der Waals surface area contributed by atoms with Crippen molar-refractivity contribution in [3.05, 3.63) is 83.0 Å². The van der Waals surface area contributed by atoms with Crippen LogP contribution in [0.4, 0.5) is 0 Å². The minimum Gasteiger partial charge on any atom is -0.291 e. The summed E-state index contributed by atoms with van der Waals surface area (Å²) in [6.07, 6.45) is 0. The lowest BCUT2D eigenvalue weighted by atomic mass is 10.2. The molecule has 0 N–H and O–H groups in total. The maximum Gasteiger partial charge on any atom is 0.337 e. The topological polar surface area (TPSA) is 61.1 Å². The molecule has 142 valence electrons. The number of benzene rings is 1. The highest BCUT2D eigenvalue weighted by Gasteiger charge is 2.21. The largest absolute Gasteiger partial charge is 0.337 e. The minimum absolute atomic E-state index is 0.129. The van der Waals surface area contributed by atoms with Gasteiger partial charge < -0.3 is 0 Å². The molecule has 0 saturated heterocycles. The molecule has 5 nitrogen and oxygen atoms in total. The van der Waals surface area contributed by atoms with E-state index < -0.39 is 11.2 Å². The molecule has 0 fully saturated rings. The van der Waals surface area contributed by atoms with Crippen LogP contribution >= 0.6 is 34.3 Å². The number of halogens is 1. The highest BCUT2D eigenvalue weighted by Crippen LogP contribution is 2.27. The van der Waals surface area contributed by atoms with E-state index in [0.717, 1.165) is 15.0 Å². The van der Waals surface area contributed by atoms with Crippen molar-refractivity contribution < 1.29 is 4.79 Å². The molecule has 0 radical (unpaired) electrons. The van der Waals surface area contributed by atoms with E-state index in [1.54, 1.807) is 36.4 Å². The molecular formula is C20H15ClN2O3S2. The van der Waals surface area contributed by atoms with Gasteiger partial charge in [0.15, 0.2) is 5.78 Å². The summed E-state index contributed by atoms with van der Waals surface area (Å²) in [6.45, 7) is 3.63. The van der Waals surface area contributed by atoms with Gasteiger partial charge >= 0.3 is 5.69 Å². The van der Waals surface area contributed by atoms with Gasteiger partial charge in [-0.1, -0.05) is 23.7 Å². The number of carbonyl (C=O) groups is 1. The molecular weight excluding hydrogens is 416 g/mol. The Labute approximate surface area is 173 Å². The Hall–Kier alpha value is -2.48. The van der Waals surface area contributed by atoms with E-state index in [1.165, 1.54) is 27.2 Å². The fourth-order valence-electron chi connectivity index (χ4n) is 3.10. The molecule has 4 aromatic rings. The normalized spacial score (nSPS) is 11.2. The molecule has 0 saturated carbocycles. The molecule has 0 aliphatic heterocycles. The molecule has 0 bridgehead atoms. The van der Waals surface area contributed by atoms with Crippen molar-refractivity contribution in [2.24, 2.45) is 0 Å². The predicted molar refractivity (Wildman–Crippen MR) is 115 cm³/mol. The number of rotatable bonds is 4. The van der Waals surface area contributed by atoms with Crippen LogP contribution in [0.25, 0.3) is 15.9 Å². The second kappa shape index (κ2) is 7.16. The Morgan fingerprint density at radius 3 is 2.61 bits per heavy atom. The molecule has 4 rings (SSSR count). The Balaban J connectivity index is 2.03. The van der Waals surface area contributed by atoms with Crippen molar-refractivity contribution in [2.45, 2.75) is 20.4 Å². The third-order valence-electron chi connectivity index (χ3n) is 4.62. The Morgan fingerprint density at radius 1 is 1.14 bits per heavy atom. The molecule has 0 atom stereocenters. The van der Waals surface area contributed by atoms with Gasteiger partial charge in [0.1, 0.15) is 4.83 Å². The van der Waals surface area contributed by atoms with Gasteiger partial charge in [-0.3, -0.25) is 14.2 Å². The van der Waals surface area contributed by atoms with E-state index in [2.05, 4.69) is 0 Å². The van der Waals surface area contributed by atoms with Gasteiger partial charge in [-0.05, 0) is 49.1 Å². The highest BCUT2D eigenvalue weighted by molar-refractivity contribution is 7.18.